The highest BCUT2D eigenvalue weighted by atomic mass is 32.2. The summed E-state index contributed by atoms with van der Waals surface area (Å²) in [4.78, 5) is 13.2. The maximum Gasteiger partial charge on any atom is 0.264 e. The molecule has 0 aliphatic carbocycles. The standard InChI is InChI=1S/C23H28N2O4S2/c1-15(2)10-11-24-23(26)22-14-17-13-18(6-9-21(17)30-22)25(4)31(27,28)19-7-8-20(29-5)16(3)12-19/h6-9,12-15H,10-11H2,1-5H3,(H,24,26). The Bertz CT molecular complexity index is 1200. The van der Waals surface area contributed by atoms with E-state index in [1.165, 1.54) is 22.7 Å². The Morgan fingerprint density at radius 2 is 1.90 bits per heavy atom. The molecule has 0 radical (unpaired) electrons. The van der Waals surface area contributed by atoms with Gasteiger partial charge in [0.1, 0.15) is 5.75 Å². The average molecular weight is 461 g/mol. The van der Waals surface area contributed by atoms with Crippen molar-refractivity contribution in [3.63, 3.8) is 0 Å². The second-order valence-electron chi connectivity index (χ2n) is 7.88. The van der Waals surface area contributed by atoms with Gasteiger partial charge in [-0.3, -0.25) is 9.10 Å². The predicted molar refractivity (Wildman–Crippen MR) is 127 cm³/mol. The molecule has 3 aromatic rings. The highest BCUT2D eigenvalue weighted by molar-refractivity contribution is 7.92. The van der Waals surface area contributed by atoms with Crippen molar-refractivity contribution < 1.29 is 17.9 Å². The number of methoxy groups -OCH3 is 1. The van der Waals surface area contributed by atoms with E-state index in [1.54, 1.807) is 37.4 Å². The van der Waals surface area contributed by atoms with Crippen LogP contribution in [0.1, 0.15) is 35.5 Å². The third-order valence-electron chi connectivity index (χ3n) is 5.12. The number of carbonyl (C=O) groups is 1. The molecule has 1 aromatic heterocycles. The summed E-state index contributed by atoms with van der Waals surface area (Å²) < 4.78 is 33.7. The van der Waals surface area contributed by atoms with Crippen LogP contribution in [0.25, 0.3) is 10.1 Å². The molecule has 0 atom stereocenters. The predicted octanol–water partition coefficient (Wildman–Crippen LogP) is 4.82. The molecule has 1 amide bonds. The molecular weight excluding hydrogens is 432 g/mol. The fourth-order valence-corrected chi connectivity index (χ4v) is 5.44. The molecule has 1 N–H and O–H groups in total. The Morgan fingerprint density at radius 1 is 1.16 bits per heavy atom. The van der Waals surface area contributed by atoms with Gasteiger partial charge in [0.15, 0.2) is 0 Å². The first kappa shape index (κ1) is 23.1. The van der Waals surface area contributed by atoms with Crippen molar-refractivity contribution in [3.8, 4) is 5.75 Å². The fourth-order valence-electron chi connectivity index (χ4n) is 3.21. The van der Waals surface area contributed by atoms with Gasteiger partial charge < -0.3 is 10.1 Å². The molecule has 3 rings (SSSR count). The number of benzene rings is 2. The number of amides is 1. The van der Waals surface area contributed by atoms with Crippen LogP contribution in [-0.2, 0) is 10.0 Å². The lowest BCUT2D eigenvalue weighted by Gasteiger charge is -2.20. The third kappa shape index (κ3) is 5.02. The Balaban J connectivity index is 1.85. The summed E-state index contributed by atoms with van der Waals surface area (Å²) in [7, 11) is -0.653. The molecule has 8 heteroatoms. The van der Waals surface area contributed by atoms with E-state index in [2.05, 4.69) is 19.2 Å². The van der Waals surface area contributed by atoms with Crippen molar-refractivity contribution in [2.45, 2.75) is 32.1 Å². The second-order valence-corrected chi connectivity index (χ2v) is 10.9. The van der Waals surface area contributed by atoms with E-state index in [0.717, 1.165) is 22.1 Å². The van der Waals surface area contributed by atoms with Gasteiger partial charge in [-0.15, -0.1) is 11.3 Å². The molecule has 6 nitrogen and oxygen atoms in total. The van der Waals surface area contributed by atoms with Gasteiger partial charge in [0.25, 0.3) is 15.9 Å². The fraction of sp³-hybridized carbons (Fsp3) is 0.348. The van der Waals surface area contributed by atoms with E-state index in [0.29, 0.717) is 28.8 Å². The Kier molecular flexibility index (Phi) is 6.91. The minimum atomic E-state index is -3.74. The van der Waals surface area contributed by atoms with Crippen molar-refractivity contribution in [1.29, 1.82) is 0 Å². The quantitative estimate of drug-likeness (QED) is 0.523. The molecule has 31 heavy (non-hydrogen) atoms. The molecule has 0 unspecified atom stereocenters. The largest absolute Gasteiger partial charge is 0.496 e. The number of hydrogen-bond acceptors (Lipinski definition) is 5. The number of fused-ring (bicyclic) bond motifs is 1. The van der Waals surface area contributed by atoms with Crippen LogP contribution >= 0.6 is 11.3 Å². The first-order valence-electron chi connectivity index (χ1n) is 10.1. The van der Waals surface area contributed by atoms with Crippen molar-refractivity contribution in [2.24, 2.45) is 5.92 Å². The van der Waals surface area contributed by atoms with Gasteiger partial charge in [-0.1, -0.05) is 13.8 Å². The van der Waals surface area contributed by atoms with Crippen LogP contribution in [-0.4, -0.2) is 35.0 Å². The van der Waals surface area contributed by atoms with E-state index in [1.807, 2.05) is 19.1 Å². The van der Waals surface area contributed by atoms with E-state index >= 15 is 0 Å². The normalized spacial score (nSPS) is 11.7. The third-order valence-corrected chi connectivity index (χ3v) is 8.02. The van der Waals surface area contributed by atoms with Crippen molar-refractivity contribution >= 4 is 43.0 Å². The number of thiophene rings is 1. The van der Waals surface area contributed by atoms with Crippen LogP contribution in [0, 0.1) is 12.8 Å². The summed E-state index contributed by atoms with van der Waals surface area (Å²) in [6.07, 6.45) is 0.925. The van der Waals surface area contributed by atoms with Crippen LogP contribution in [0.15, 0.2) is 47.4 Å². The van der Waals surface area contributed by atoms with Gasteiger partial charge in [-0.2, -0.15) is 0 Å². The van der Waals surface area contributed by atoms with E-state index in [9.17, 15) is 13.2 Å². The van der Waals surface area contributed by atoms with E-state index < -0.39 is 10.0 Å². The lowest BCUT2D eigenvalue weighted by atomic mass is 10.1. The van der Waals surface area contributed by atoms with Gasteiger partial charge in [0.05, 0.1) is 22.6 Å². The van der Waals surface area contributed by atoms with Crippen molar-refractivity contribution in [3.05, 3.63) is 52.9 Å². The molecule has 1 heterocycles. The number of hydrogen-bond donors (Lipinski definition) is 1. The number of rotatable bonds is 8. The molecule has 0 saturated heterocycles. The monoisotopic (exact) mass is 460 g/mol. The average Bonchev–Trinajstić information content (AvgIpc) is 3.16. The van der Waals surface area contributed by atoms with Crippen molar-refractivity contribution in [1.82, 2.24) is 5.32 Å². The van der Waals surface area contributed by atoms with Crippen LogP contribution in [0.3, 0.4) is 0 Å². The Labute approximate surface area is 187 Å². The minimum absolute atomic E-state index is 0.0990. The molecule has 166 valence electrons. The Hall–Kier alpha value is -2.58. The zero-order valence-corrected chi connectivity index (χ0v) is 20.1. The SMILES string of the molecule is COc1ccc(S(=O)(=O)N(C)c2ccc3sc(C(=O)NCCC(C)C)cc3c2)cc1C. The molecule has 0 aliphatic heterocycles. The maximum absolute atomic E-state index is 13.1. The summed E-state index contributed by atoms with van der Waals surface area (Å²) in [5.41, 5.74) is 1.28. The molecule has 2 aromatic carbocycles. The smallest absolute Gasteiger partial charge is 0.264 e. The number of nitrogens with zero attached hydrogens (tertiary/aromatic N) is 1. The van der Waals surface area contributed by atoms with Crippen molar-refractivity contribution in [2.75, 3.05) is 25.0 Å². The summed E-state index contributed by atoms with van der Waals surface area (Å²) in [5.74, 6) is 1.07. The Morgan fingerprint density at radius 3 is 2.55 bits per heavy atom. The van der Waals surface area contributed by atoms with Gasteiger partial charge in [0.2, 0.25) is 0 Å². The zero-order valence-electron chi connectivity index (χ0n) is 18.4. The molecule has 0 bridgehead atoms. The van der Waals surface area contributed by atoms with Crippen LogP contribution in [0.2, 0.25) is 0 Å². The van der Waals surface area contributed by atoms with Crippen LogP contribution in [0.4, 0.5) is 5.69 Å². The molecule has 0 spiro atoms. The number of ether oxygens (including phenoxy) is 1. The van der Waals surface area contributed by atoms with Gasteiger partial charge in [0, 0.05) is 18.3 Å². The zero-order chi connectivity index (χ0) is 22.8. The summed E-state index contributed by atoms with van der Waals surface area (Å²) in [6.45, 7) is 6.68. The highest BCUT2D eigenvalue weighted by Crippen LogP contribution is 2.32. The molecule has 0 fully saturated rings. The van der Waals surface area contributed by atoms with Gasteiger partial charge in [-0.05, 0) is 72.7 Å². The molecular formula is C23H28N2O4S2. The summed E-state index contributed by atoms with van der Waals surface area (Å²) >= 11 is 1.40. The first-order valence-corrected chi connectivity index (χ1v) is 12.3. The number of carbonyl (C=O) groups excluding carboxylic acids is 1. The number of sulfonamides is 1. The van der Waals surface area contributed by atoms with Crippen LogP contribution in [0.5, 0.6) is 5.75 Å². The highest BCUT2D eigenvalue weighted by Gasteiger charge is 2.23. The lowest BCUT2D eigenvalue weighted by Crippen LogP contribution is -2.26. The maximum atomic E-state index is 13.1. The summed E-state index contributed by atoms with van der Waals surface area (Å²) in [6, 6.07) is 12.0. The number of aryl methyl sites for hydroxylation is 1. The summed E-state index contributed by atoms with van der Waals surface area (Å²) in [5, 5.41) is 3.78. The lowest BCUT2D eigenvalue weighted by molar-refractivity contribution is 0.0956. The minimum Gasteiger partial charge on any atom is -0.496 e. The van der Waals surface area contributed by atoms with Gasteiger partial charge >= 0.3 is 0 Å². The number of nitrogens with one attached hydrogen (secondary N) is 1. The van der Waals surface area contributed by atoms with E-state index in [-0.39, 0.29) is 10.8 Å². The molecule has 0 saturated carbocycles. The van der Waals surface area contributed by atoms with E-state index in [4.69, 9.17) is 4.74 Å². The second kappa shape index (κ2) is 9.28. The number of anilines is 1. The first-order chi connectivity index (χ1) is 14.6. The molecule has 0 aliphatic rings. The topological polar surface area (TPSA) is 75.7 Å². The van der Waals surface area contributed by atoms with Crippen LogP contribution < -0.4 is 14.4 Å². The van der Waals surface area contributed by atoms with Gasteiger partial charge in [-0.25, -0.2) is 8.42 Å².